The van der Waals surface area contributed by atoms with E-state index in [1.807, 2.05) is 0 Å². The molecular formula is C6H12O4. The van der Waals surface area contributed by atoms with Crippen LogP contribution in [0.4, 0.5) is 0 Å². The average molecular weight is 148 g/mol. The van der Waals surface area contributed by atoms with Gasteiger partial charge in [0.15, 0.2) is 6.10 Å². The molecule has 0 unspecified atom stereocenters. The normalized spacial score (nSPS) is 13.0. The van der Waals surface area contributed by atoms with Crippen molar-refractivity contribution in [2.45, 2.75) is 19.4 Å². The van der Waals surface area contributed by atoms with Crippen LogP contribution in [-0.2, 0) is 9.53 Å². The van der Waals surface area contributed by atoms with E-state index in [0.717, 1.165) is 0 Å². The van der Waals surface area contributed by atoms with Crippen LogP contribution in [-0.4, -0.2) is 35.5 Å². The third kappa shape index (κ3) is 4.29. The Bertz CT molecular complexity index is 102. The molecule has 0 aromatic carbocycles. The van der Waals surface area contributed by atoms with Gasteiger partial charge in [0.2, 0.25) is 0 Å². The van der Waals surface area contributed by atoms with Gasteiger partial charge >= 0.3 is 5.97 Å². The number of aliphatic hydroxyl groups excluding tert-OH is 1. The van der Waals surface area contributed by atoms with Crippen molar-refractivity contribution in [2.75, 3.05) is 13.2 Å². The second-order valence-corrected chi connectivity index (χ2v) is 1.93. The van der Waals surface area contributed by atoms with Gasteiger partial charge in [-0.1, -0.05) is 0 Å². The zero-order valence-corrected chi connectivity index (χ0v) is 5.91. The molecule has 1 atom stereocenters. The summed E-state index contributed by atoms with van der Waals surface area (Å²) in [7, 11) is 0. The minimum absolute atomic E-state index is 0.0341. The number of rotatable bonds is 5. The minimum atomic E-state index is -0.974. The molecule has 0 aromatic rings. The van der Waals surface area contributed by atoms with Crippen LogP contribution in [0, 0.1) is 0 Å². The van der Waals surface area contributed by atoms with Crippen LogP contribution in [0.3, 0.4) is 0 Å². The molecule has 0 rings (SSSR count). The molecule has 4 heteroatoms. The van der Waals surface area contributed by atoms with Crippen LogP contribution >= 0.6 is 0 Å². The molecule has 0 spiro atoms. The van der Waals surface area contributed by atoms with Gasteiger partial charge in [0.25, 0.3) is 0 Å². The lowest BCUT2D eigenvalue weighted by molar-refractivity contribution is -0.149. The number of hydrogen-bond donors (Lipinski definition) is 2. The van der Waals surface area contributed by atoms with Crippen molar-refractivity contribution in [3.8, 4) is 0 Å². The number of aliphatic hydroxyl groups is 1. The fourth-order valence-electron chi connectivity index (χ4n) is 0.396. The van der Waals surface area contributed by atoms with Gasteiger partial charge in [-0.25, -0.2) is 4.79 Å². The predicted molar refractivity (Wildman–Crippen MR) is 34.8 cm³/mol. The van der Waals surface area contributed by atoms with E-state index in [0.29, 0.717) is 13.0 Å². The standard InChI is InChI=1S/C6H12O4/c1-5(6(8)9)10-4-2-3-7/h5,7H,2-4H2,1H3,(H,8,9)/t5-/m0/s1. The number of ether oxygens (including phenoxy) is 1. The Labute approximate surface area is 59.4 Å². The molecule has 0 saturated carbocycles. The summed E-state index contributed by atoms with van der Waals surface area (Å²) in [6, 6.07) is 0. The van der Waals surface area contributed by atoms with Gasteiger partial charge in [-0.15, -0.1) is 0 Å². The van der Waals surface area contributed by atoms with Gasteiger partial charge in [0.05, 0.1) is 0 Å². The molecule has 0 aliphatic heterocycles. The summed E-state index contributed by atoms with van der Waals surface area (Å²) in [5.74, 6) is -0.974. The summed E-state index contributed by atoms with van der Waals surface area (Å²) in [6.45, 7) is 1.79. The fourth-order valence-corrected chi connectivity index (χ4v) is 0.396. The Balaban J connectivity index is 3.21. The van der Waals surface area contributed by atoms with E-state index >= 15 is 0 Å². The van der Waals surface area contributed by atoms with Crippen LogP contribution in [0.5, 0.6) is 0 Å². The second-order valence-electron chi connectivity index (χ2n) is 1.93. The van der Waals surface area contributed by atoms with Gasteiger partial charge < -0.3 is 14.9 Å². The van der Waals surface area contributed by atoms with Gasteiger partial charge in [0, 0.05) is 13.2 Å². The average Bonchev–Trinajstić information content (AvgIpc) is 1.88. The molecular weight excluding hydrogens is 136 g/mol. The number of carbonyl (C=O) groups is 1. The highest BCUT2D eigenvalue weighted by Crippen LogP contribution is 1.91. The van der Waals surface area contributed by atoms with Crippen molar-refractivity contribution in [1.29, 1.82) is 0 Å². The molecule has 2 N–H and O–H groups in total. The van der Waals surface area contributed by atoms with Crippen molar-refractivity contribution < 1.29 is 19.7 Å². The van der Waals surface area contributed by atoms with E-state index in [4.69, 9.17) is 14.9 Å². The first kappa shape index (κ1) is 9.39. The topological polar surface area (TPSA) is 66.8 Å². The predicted octanol–water partition coefficient (Wildman–Crippen LogP) is -0.142. The maximum atomic E-state index is 10.1. The van der Waals surface area contributed by atoms with Gasteiger partial charge in [-0.3, -0.25) is 0 Å². The van der Waals surface area contributed by atoms with E-state index in [1.165, 1.54) is 6.92 Å². The van der Waals surface area contributed by atoms with Gasteiger partial charge in [-0.05, 0) is 13.3 Å². The molecule has 10 heavy (non-hydrogen) atoms. The molecule has 4 nitrogen and oxygen atoms in total. The number of aliphatic carboxylic acids is 1. The van der Waals surface area contributed by atoms with Gasteiger partial charge in [-0.2, -0.15) is 0 Å². The van der Waals surface area contributed by atoms with Crippen molar-refractivity contribution in [1.82, 2.24) is 0 Å². The first-order valence-electron chi connectivity index (χ1n) is 3.13. The third-order valence-corrected chi connectivity index (χ3v) is 1.02. The largest absolute Gasteiger partial charge is 0.479 e. The van der Waals surface area contributed by atoms with Crippen LogP contribution in [0.2, 0.25) is 0 Å². The summed E-state index contributed by atoms with van der Waals surface area (Å²) in [5.41, 5.74) is 0. The van der Waals surface area contributed by atoms with Crippen molar-refractivity contribution in [2.24, 2.45) is 0 Å². The summed E-state index contributed by atoms with van der Waals surface area (Å²) in [4.78, 5) is 10.1. The maximum Gasteiger partial charge on any atom is 0.332 e. The van der Waals surface area contributed by atoms with Crippen molar-refractivity contribution >= 4 is 5.97 Å². The van der Waals surface area contributed by atoms with Crippen LogP contribution < -0.4 is 0 Å². The van der Waals surface area contributed by atoms with Crippen LogP contribution in [0.1, 0.15) is 13.3 Å². The molecule has 0 aliphatic rings. The zero-order valence-electron chi connectivity index (χ0n) is 5.91. The second kappa shape index (κ2) is 5.20. The maximum absolute atomic E-state index is 10.1. The summed E-state index contributed by atoms with van der Waals surface area (Å²) >= 11 is 0. The van der Waals surface area contributed by atoms with Gasteiger partial charge in [0.1, 0.15) is 0 Å². The van der Waals surface area contributed by atoms with Crippen molar-refractivity contribution in [3.63, 3.8) is 0 Å². The Hall–Kier alpha value is -0.610. The lowest BCUT2D eigenvalue weighted by Crippen LogP contribution is -2.20. The highest BCUT2D eigenvalue weighted by molar-refractivity contribution is 5.71. The third-order valence-electron chi connectivity index (χ3n) is 1.02. The Morgan fingerprint density at radius 3 is 2.70 bits per heavy atom. The lowest BCUT2D eigenvalue weighted by Gasteiger charge is -2.05. The van der Waals surface area contributed by atoms with E-state index in [1.54, 1.807) is 0 Å². The van der Waals surface area contributed by atoms with E-state index < -0.39 is 12.1 Å². The van der Waals surface area contributed by atoms with E-state index in [2.05, 4.69) is 0 Å². The molecule has 0 saturated heterocycles. The molecule has 0 aromatic heterocycles. The smallest absolute Gasteiger partial charge is 0.332 e. The first-order chi connectivity index (χ1) is 4.68. The minimum Gasteiger partial charge on any atom is -0.479 e. The number of carboxylic acids is 1. The molecule has 0 amide bonds. The highest BCUT2D eigenvalue weighted by atomic mass is 16.5. The summed E-state index contributed by atoms with van der Waals surface area (Å²) in [6.07, 6.45) is -0.288. The monoisotopic (exact) mass is 148 g/mol. The lowest BCUT2D eigenvalue weighted by atomic mass is 10.4. The Kier molecular flexibility index (Phi) is 4.88. The SMILES string of the molecule is C[C@H](OCCCO)C(=O)O. The van der Waals surface area contributed by atoms with E-state index in [9.17, 15) is 4.79 Å². The zero-order chi connectivity index (χ0) is 7.98. The van der Waals surface area contributed by atoms with Crippen LogP contribution in [0.15, 0.2) is 0 Å². The Morgan fingerprint density at radius 1 is 1.70 bits per heavy atom. The molecule has 0 bridgehead atoms. The summed E-state index contributed by atoms with van der Waals surface area (Å²) in [5, 5.41) is 16.6. The number of hydrogen-bond acceptors (Lipinski definition) is 3. The molecule has 0 radical (unpaired) electrons. The molecule has 0 fully saturated rings. The number of carboxylic acid groups (broad SMARTS) is 1. The quantitative estimate of drug-likeness (QED) is 0.532. The van der Waals surface area contributed by atoms with E-state index in [-0.39, 0.29) is 6.61 Å². The Morgan fingerprint density at radius 2 is 2.30 bits per heavy atom. The molecule has 0 heterocycles. The molecule has 60 valence electrons. The highest BCUT2D eigenvalue weighted by Gasteiger charge is 2.09. The molecule has 0 aliphatic carbocycles. The fraction of sp³-hybridized carbons (Fsp3) is 0.833. The van der Waals surface area contributed by atoms with Crippen molar-refractivity contribution in [3.05, 3.63) is 0 Å². The summed E-state index contributed by atoms with van der Waals surface area (Å²) < 4.78 is 4.78. The van der Waals surface area contributed by atoms with Crippen LogP contribution in [0.25, 0.3) is 0 Å². The first-order valence-corrected chi connectivity index (χ1v) is 3.13.